The number of nitrogens with zero attached hydrogens (tertiary/aromatic N) is 2. The lowest BCUT2D eigenvalue weighted by Gasteiger charge is -2.02. The third-order valence-electron chi connectivity index (χ3n) is 1.38. The summed E-state index contributed by atoms with van der Waals surface area (Å²) in [5.41, 5.74) is 1.28. The van der Waals surface area contributed by atoms with Gasteiger partial charge >= 0.3 is 0 Å². The second-order valence-corrected chi connectivity index (χ2v) is 2.18. The summed E-state index contributed by atoms with van der Waals surface area (Å²) in [5, 5.41) is 0. The van der Waals surface area contributed by atoms with Crippen molar-refractivity contribution in [3.63, 3.8) is 0 Å². The maximum Gasteiger partial charge on any atom is 0.126 e. The topological polar surface area (TPSA) is 25.8 Å². The van der Waals surface area contributed by atoms with Gasteiger partial charge in [0.1, 0.15) is 12.5 Å². The molecule has 0 aliphatic rings. The predicted molar refractivity (Wildman–Crippen MR) is 36.3 cm³/mol. The van der Waals surface area contributed by atoms with Gasteiger partial charge in [-0.1, -0.05) is 0 Å². The standard InChI is InChI=1S/C7H9FN2/c1-5(8)7-3-9-4-10-6(7)2/h3-5H,1-2H3. The average Bonchev–Trinajstić information content (AvgIpc) is 1.88. The lowest BCUT2D eigenvalue weighted by molar-refractivity contribution is 0.370. The van der Waals surface area contributed by atoms with Crippen molar-refractivity contribution in [1.29, 1.82) is 0 Å². The number of alkyl halides is 1. The highest BCUT2D eigenvalue weighted by Gasteiger charge is 2.05. The fourth-order valence-electron chi connectivity index (χ4n) is 0.792. The molecule has 0 radical (unpaired) electrons. The third kappa shape index (κ3) is 1.29. The van der Waals surface area contributed by atoms with Gasteiger partial charge in [0.15, 0.2) is 0 Å². The Morgan fingerprint density at radius 2 is 2.30 bits per heavy atom. The molecule has 10 heavy (non-hydrogen) atoms. The third-order valence-corrected chi connectivity index (χ3v) is 1.38. The van der Waals surface area contributed by atoms with Crippen LogP contribution in [-0.2, 0) is 0 Å². The van der Waals surface area contributed by atoms with Crippen molar-refractivity contribution in [3.8, 4) is 0 Å². The summed E-state index contributed by atoms with van der Waals surface area (Å²) in [7, 11) is 0. The van der Waals surface area contributed by atoms with Crippen LogP contribution in [0.1, 0.15) is 24.4 Å². The first-order valence-electron chi connectivity index (χ1n) is 3.12. The van der Waals surface area contributed by atoms with E-state index in [-0.39, 0.29) is 0 Å². The van der Waals surface area contributed by atoms with Crippen molar-refractivity contribution in [2.75, 3.05) is 0 Å². The molecule has 2 nitrogen and oxygen atoms in total. The minimum Gasteiger partial charge on any atom is -0.244 e. The predicted octanol–water partition coefficient (Wildman–Crippen LogP) is 1.82. The normalized spacial score (nSPS) is 13.1. The number of hydrogen-bond donors (Lipinski definition) is 0. The second kappa shape index (κ2) is 2.73. The van der Waals surface area contributed by atoms with Gasteiger partial charge in [0, 0.05) is 17.5 Å². The molecule has 0 spiro atoms. The summed E-state index contributed by atoms with van der Waals surface area (Å²) in [4.78, 5) is 7.56. The molecule has 0 aliphatic heterocycles. The minimum absolute atomic E-state index is 0.572. The van der Waals surface area contributed by atoms with Crippen LogP contribution in [0.5, 0.6) is 0 Å². The lowest BCUT2D eigenvalue weighted by atomic mass is 10.2. The van der Waals surface area contributed by atoms with Gasteiger partial charge < -0.3 is 0 Å². The number of aryl methyl sites for hydroxylation is 1. The van der Waals surface area contributed by atoms with E-state index in [2.05, 4.69) is 9.97 Å². The van der Waals surface area contributed by atoms with E-state index in [0.29, 0.717) is 11.3 Å². The molecule has 1 aromatic heterocycles. The Labute approximate surface area is 59.1 Å². The fraction of sp³-hybridized carbons (Fsp3) is 0.429. The van der Waals surface area contributed by atoms with Crippen LogP contribution in [0, 0.1) is 6.92 Å². The van der Waals surface area contributed by atoms with Crippen LogP contribution in [0.4, 0.5) is 4.39 Å². The molecule has 0 fully saturated rings. The first-order chi connectivity index (χ1) is 4.72. The Bertz CT molecular complexity index is 223. The maximum atomic E-state index is 12.6. The molecule has 54 valence electrons. The van der Waals surface area contributed by atoms with Crippen LogP contribution in [0.15, 0.2) is 12.5 Å². The van der Waals surface area contributed by atoms with Crippen molar-refractivity contribution in [2.24, 2.45) is 0 Å². The summed E-state index contributed by atoms with van der Waals surface area (Å²) in [5.74, 6) is 0. The summed E-state index contributed by atoms with van der Waals surface area (Å²) >= 11 is 0. The molecule has 0 N–H and O–H groups in total. The molecule has 1 atom stereocenters. The first kappa shape index (κ1) is 7.12. The van der Waals surface area contributed by atoms with Crippen LogP contribution in [0.3, 0.4) is 0 Å². The van der Waals surface area contributed by atoms with Crippen LogP contribution in [-0.4, -0.2) is 9.97 Å². The highest BCUT2D eigenvalue weighted by atomic mass is 19.1. The summed E-state index contributed by atoms with van der Waals surface area (Å²) in [6.45, 7) is 3.25. The van der Waals surface area contributed by atoms with Crippen molar-refractivity contribution >= 4 is 0 Å². The molecule has 0 aliphatic carbocycles. The second-order valence-electron chi connectivity index (χ2n) is 2.18. The van der Waals surface area contributed by atoms with Crippen LogP contribution >= 0.6 is 0 Å². The molecule has 1 heterocycles. The van der Waals surface area contributed by atoms with E-state index in [0.717, 1.165) is 0 Å². The van der Waals surface area contributed by atoms with Gasteiger partial charge in [-0.2, -0.15) is 0 Å². The molecule has 0 amide bonds. The van der Waals surface area contributed by atoms with Crippen LogP contribution in [0.2, 0.25) is 0 Å². The van der Waals surface area contributed by atoms with Gasteiger partial charge in [-0.25, -0.2) is 14.4 Å². The lowest BCUT2D eigenvalue weighted by Crippen LogP contribution is -1.94. The molecule has 1 unspecified atom stereocenters. The Kier molecular flexibility index (Phi) is 1.94. The molecular formula is C7H9FN2. The van der Waals surface area contributed by atoms with Crippen molar-refractivity contribution in [2.45, 2.75) is 20.0 Å². The van der Waals surface area contributed by atoms with E-state index in [9.17, 15) is 4.39 Å². The SMILES string of the molecule is Cc1ncncc1C(C)F. The number of rotatable bonds is 1. The van der Waals surface area contributed by atoms with Gasteiger partial charge in [0.05, 0.1) is 0 Å². The van der Waals surface area contributed by atoms with Gasteiger partial charge in [0.2, 0.25) is 0 Å². The number of aromatic nitrogens is 2. The van der Waals surface area contributed by atoms with E-state index in [1.165, 1.54) is 19.4 Å². The zero-order chi connectivity index (χ0) is 7.56. The zero-order valence-electron chi connectivity index (χ0n) is 6.00. The molecule has 0 aromatic carbocycles. The highest BCUT2D eigenvalue weighted by Crippen LogP contribution is 2.16. The van der Waals surface area contributed by atoms with Crippen LogP contribution in [0.25, 0.3) is 0 Å². The summed E-state index contributed by atoms with van der Waals surface area (Å²) < 4.78 is 12.6. The number of halogens is 1. The molecule has 1 aromatic rings. The monoisotopic (exact) mass is 140 g/mol. The Balaban J connectivity index is 3.03. The van der Waals surface area contributed by atoms with Gasteiger partial charge in [-0.15, -0.1) is 0 Å². The molecule has 3 heteroatoms. The first-order valence-corrected chi connectivity index (χ1v) is 3.12. The molecule has 0 bridgehead atoms. The molecule has 0 saturated heterocycles. The van der Waals surface area contributed by atoms with Gasteiger partial charge in [-0.05, 0) is 13.8 Å². The van der Waals surface area contributed by atoms with Gasteiger partial charge in [-0.3, -0.25) is 0 Å². The van der Waals surface area contributed by atoms with E-state index < -0.39 is 6.17 Å². The molecule has 1 rings (SSSR count). The van der Waals surface area contributed by atoms with E-state index in [4.69, 9.17) is 0 Å². The maximum absolute atomic E-state index is 12.6. The molecular weight excluding hydrogens is 131 g/mol. The zero-order valence-corrected chi connectivity index (χ0v) is 6.00. The average molecular weight is 140 g/mol. The van der Waals surface area contributed by atoms with E-state index >= 15 is 0 Å². The Morgan fingerprint density at radius 1 is 1.60 bits per heavy atom. The smallest absolute Gasteiger partial charge is 0.126 e. The van der Waals surface area contributed by atoms with E-state index in [1.54, 1.807) is 6.92 Å². The summed E-state index contributed by atoms with van der Waals surface area (Å²) in [6, 6.07) is 0. The summed E-state index contributed by atoms with van der Waals surface area (Å²) in [6.07, 6.45) is 1.95. The largest absolute Gasteiger partial charge is 0.244 e. The van der Waals surface area contributed by atoms with Crippen molar-refractivity contribution < 1.29 is 4.39 Å². The van der Waals surface area contributed by atoms with Crippen molar-refractivity contribution in [1.82, 2.24) is 9.97 Å². The Morgan fingerprint density at radius 3 is 2.70 bits per heavy atom. The number of hydrogen-bond acceptors (Lipinski definition) is 2. The van der Waals surface area contributed by atoms with E-state index in [1.807, 2.05) is 0 Å². The quantitative estimate of drug-likeness (QED) is 0.594. The molecule has 0 saturated carbocycles. The van der Waals surface area contributed by atoms with Crippen LogP contribution < -0.4 is 0 Å². The van der Waals surface area contributed by atoms with Crippen molar-refractivity contribution in [3.05, 3.63) is 23.8 Å². The highest BCUT2D eigenvalue weighted by molar-refractivity contribution is 5.16. The minimum atomic E-state index is -0.971. The van der Waals surface area contributed by atoms with Gasteiger partial charge in [0.25, 0.3) is 0 Å². The fourth-order valence-corrected chi connectivity index (χ4v) is 0.792. The Hall–Kier alpha value is -0.990.